The van der Waals surface area contributed by atoms with Crippen LogP contribution in [-0.2, 0) is 26.2 Å². The minimum atomic E-state index is -3.87. The Morgan fingerprint density at radius 3 is 2.21 bits per heavy atom. The van der Waals surface area contributed by atoms with Crippen molar-refractivity contribution in [2.24, 2.45) is 0 Å². The lowest BCUT2D eigenvalue weighted by Gasteiger charge is -2.32. The zero-order valence-electron chi connectivity index (χ0n) is 19.4. The summed E-state index contributed by atoms with van der Waals surface area (Å²) < 4.78 is 44.7. The zero-order chi connectivity index (χ0) is 24.8. The molecular weight excluding hydrogens is 449 g/mol. The first-order valence-corrected chi connectivity index (χ1v) is 12.2. The van der Waals surface area contributed by atoms with Gasteiger partial charge in [0.15, 0.2) is 0 Å². The van der Waals surface area contributed by atoms with E-state index in [1.54, 1.807) is 39.0 Å². The summed E-state index contributed by atoms with van der Waals surface area (Å²) in [6.45, 7) is 4.61. The van der Waals surface area contributed by atoms with Crippen molar-refractivity contribution in [3.63, 3.8) is 0 Å². The molecule has 0 saturated heterocycles. The highest BCUT2D eigenvalue weighted by atomic mass is 32.2. The Hall–Kier alpha value is -3.14. The molecule has 2 aromatic carbocycles. The van der Waals surface area contributed by atoms with Gasteiger partial charge in [-0.3, -0.25) is 13.9 Å². The maximum atomic E-state index is 13.4. The van der Waals surface area contributed by atoms with E-state index in [1.165, 1.54) is 42.3 Å². The van der Waals surface area contributed by atoms with Crippen LogP contribution in [0.4, 0.5) is 10.1 Å². The van der Waals surface area contributed by atoms with Crippen molar-refractivity contribution in [2.45, 2.75) is 39.4 Å². The minimum absolute atomic E-state index is 0.00464. The van der Waals surface area contributed by atoms with Crippen LogP contribution in [0, 0.1) is 5.82 Å². The molecule has 0 spiro atoms. The quantitative estimate of drug-likeness (QED) is 0.565. The summed E-state index contributed by atoms with van der Waals surface area (Å²) in [4.78, 5) is 27.4. The first kappa shape index (κ1) is 26.1. The number of benzene rings is 2. The summed E-state index contributed by atoms with van der Waals surface area (Å²) in [5.41, 5.74) is 0.800. The molecule has 10 heteroatoms. The monoisotopic (exact) mass is 479 g/mol. The number of ether oxygens (including phenoxy) is 1. The number of carbonyl (C=O) groups excluding carboxylic acids is 2. The molecule has 2 aromatic rings. The summed E-state index contributed by atoms with van der Waals surface area (Å²) >= 11 is 0. The van der Waals surface area contributed by atoms with E-state index >= 15 is 0 Å². The van der Waals surface area contributed by atoms with Crippen molar-refractivity contribution in [3.8, 4) is 5.75 Å². The minimum Gasteiger partial charge on any atom is -0.495 e. The largest absolute Gasteiger partial charge is 0.495 e. The Morgan fingerprint density at radius 2 is 1.67 bits per heavy atom. The molecule has 1 N–H and O–H groups in total. The second kappa shape index (κ2) is 11.1. The number of methoxy groups -OCH3 is 1. The summed E-state index contributed by atoms with van der Waals surface area (Å²) in [6.07, 6.45) is 0.992. The molecule has 0 aliphatic heterocycles. The molecule has 0 unspecified atom stereocenters. The molecule has 180 valence electrons. The molecule has 0 radical (unpaired) electrons. The molecule has 8 nitrogen and oxygen atoms in total. The molecule has 1 atom stereocenters. The third-order valence-corrected chi connectivity index (χ3v) is 6.02. The van der Waals surface area contributed by atoms with Crippen molar-refractivity contribution < 1.29 is 27.1 Å². The Morgan fingerprint density at radius 1 is 1.06 bits per heavy atom. The predicted octanol–water partition coefficient (Wildman–Crippen LogP) is 2.54. The standard InChI is InChI=1S/C23H30FN3O5S/c1-16(2)25-23(29)17(3)26(14-18-10-12-19(24)13-11-18)22(28)15-27(33(5,30)31)20-8-6-7-9-21(20)32-4/h6-13,16-17H,14-15H2,1-5H3,(H,25,29)/t17-/m0/s1. The Kier molecular flexibility index (Phi) is 8.81. The van der Waals surface area contributed by atoms with Crippen molar-refractivity contribution in [3.05, 3.63) is 59.9 Å². The van der Waals surface area contributed by atoms with Gasteiger partial charge in [-0.2, -0.15) is 0 Å². The number of halogens is 1. The van der Waals surface area contributed by atoms with Crippen LogP contribution >= 0.6 is 0 Å². The van der Waals surface area contributed by atoms with Crippen molar-refractivity contribution in [1.29, 1.82) is 0 Å². The Bertz CT molecular complexity index is 1070. The lowest BCUT2D eigenvalue weighted by atomic mass is 10.1. The van der Waals surface area contributed by atoms with Gasteiger partial charge in [-0.05, 0) is 50.6 Å². The number of amides is 2. The lowest BCUT2D eigenvalue weighted by molar-refractivity contribution is -0.139. The third kappa shape index (κ3) is 7.18. The normalized spacial score (nSPS) is 12.2. The fraction of sp³-hybridized carbons (Fsp3) is 0.391. The van der Waals surface area contributed by atoms with Crippen LogP contribution in [0.5, 0.6) is 5.75 Å². The number of nitrogens with one attached hydrogen (secondary N) is 1. The van der Waals surface area contributed by atoms with Crippen LogP contribution in [0.1, 0.15) is 26.3 Å². The number of carbonyl (C=O) groups is 2. The second-order valence-corrected chi connectivity index (χ2v) is 9.84. The summed E-state index contributed by atoms with van der Waals surface area (Å²) in [5.74, 6) is -1.13. The van der Waals surface area contributed by atoms with E-state index in [4.69, 9.17) is 4.74 Å². The number of sulfonamides is 1. The zero-order valence-corrected chi connectivity index (χ0v) is 20.2. The fourth-order valence-electron chi connectivity index (χ4n) is 3.20. The predicted molar refractivity (Wildman–Crippen MR) is 125 cm³/mol. The van der Waals surface area contributed by atoms with E-state index in [0.29, 0.717) is 5.56 Å². The van der Waals surface area contributed by atoms with Crippen LogP contribution in [0.25, 0.3) is 0 Å². The molecule has 0 aliphatic rings. The second-order valence-electron chi connectivity index (χ2n) is 7.93. The average Bonchev–Trinajstić information content (AvgIpc) is 2.75. The van der Waals surface area contributed by atoms with Gasteiger partial charge in [0.25, 0.3) is 0 Å². The summed E-state index contributed by atoms with van der Waals surface area (Å²) in [6, 6.07) is 10.9. The van der Waals surface area contributed by atoms with Gasteiger partial charge in [-0.15, -0.1) is 0 Å². The van der Waals surface area contributed by atoms with Crippen molar-refractivity contribution in [2.75, 3.05) is 24.2 Å². The van der Waals surface area contributed by atoms with Gasteiger partial charge < -0.3 is 15.0 Å². The molecule has 2 rings (SSSR count). The van der Waals surface area contributed by atoms with Crippen LogP contribution in [0.15, 0.2) is 48.5 Å². The van der Waals surface area contributed by atoms with Gasteiger partial charge in [0.05, 0.1) is 19.1 Å². The number of rotatable bonds is 10. The highest BCUT2D eigenvalue weighted by molar-refractivity contribution is 7.92. The van der Waals surface area contributed by atoms with Gasteiger partial charge >= 0.3 is 0 Å². The Balaban J connectivity index is 2.42. The van der Waals surface area contributed by atoms with Crippen LogP contribution in [0.3, 0.4) is 0 Å². The summed E-state index contributed by atoms with van der Waals surface area (Å²) in [7, 11) is -2.46. The third-order valence-electron chi connectivity index (χ3n) is 4.90. The van der Waals surface area contributed by atoms with Gasteiger partial charge in [0.1, 0.15) is 24.2 Å². The van der Waals surface area contributed by atoms with E-state index in [-0.39, 0.29) is 29.9 Å². The molecule has 0 bridgehead atoms. The topological polar surface area (TPSA) is 96.0 Å². The first-order valence-electron chi connectivity index (χ1n) is 10.4. The maximum absolute atomic E-state index is 13.4. The number of para-hydroxylation sites is 2. The summed E-state index contributed by atoms with van der Waals surface area (Å²) in [5, 5.41) is 2.76. The number of nitrogens with zero attached hydrogens (tertiary/aromatic N) is 2. The van der Waals surface area contributed by atoms with E-state index in [2.05, 4.69) is 5.32 Å². The molecule has 2 amide bonds. The fourth-order valence-corrected chi connectivity index (χ4v) is 4.06. The van der Waals surface area contributed by atoms with Gasteiger partial charge in [-0.25, -0.2) is 12.8 Å². The highest BCUT2D eigenvalue weighted by Gasteiger charge is 2.31. The van der Waals surface area contributed by atoms with E-state index < -0.39 is 34.3 Å². The maximum Gasteiger partial charge on any atom is 0.244 e. The molecule has 0 fully saturated rings. The molecule has 33 heavy (non-hydrogen) atoms. The molecule has 0 aromatic heterocycles. The molecular formula is C23H30FN3O5S. The smallest absolute Gasteiger partial charge is 0.244 e. The average molecular weight is 480 g/mol. The van der Waals surface area contributed by atoms with Crippen LogP contribution < -0.4 is 14.4 Å². The number of anilines is 1. The molecule has 0 heterocycles. The lowest BCUT2D eigenvalue weighted by Crippen LogP contribution is -2.52. The molecule has 0 aliphatic carbocycles. The van der Waals surface area contributed by atoms with Crippen molar-refractivity contribution in [1.82, 2.24) is 10.2 Å². The highest BCUT2D eigenvalue weighted by Crippen LogP contribution is 2.29. The van der Waals surface area contributed by atoms with Crippen LogP contribution in [-0.4, -0.2) is 57.1 Å². The number of hydrogen-bond donors (Lipinski definition) is 1. The Labute approximate surface area is 194 Å². The molecule has 0 saturated carbocycles. The SMILES string of the molecule is COc1ccccc1N(CC(=O)N(Cc1ccc(F)cc1)[C@@H](C)C(=O)NC(C)C)S(C)(=O)=O. The van der Waals surface area contributed by atoms with E-state index in [1.807, 2.05) is 0 Å². The van der Waals surface area contributed by atoms with Crippen molar-refractivity contribution >= 4 is 27.5 Å². The number of hydrogen-bond acceptors (Lipinski definition) is 5. The van der Waals surface area contributed by atoms with E-state index in [0.717, 1.165) is 10.6 Å². The van der Waals surface area contributed by atoms with Gasteiger partial charge in [0.2, 0.25) is 21.8 Å². The first-order chi connectivity index (χ1) is 15.4. The van der Waals surface area contributed by atoms with E-state index in [9.17, 15) is 22.4 Å². The van der Waals surface area contributed by atoms with Gasteiger partial charge in [-0.1, -0.05) is 24.3 Å². The van der Waals surface area contributed by atoms with Gasteiger partial charge in [0, 0.05) is 12.6 Å². The van der Waals surface area contributed by atoms with Crippen LogP contribution in [0.2, 0.25) is 0 Å².